The number of nitrogens with zero attached hydrogens (tertiary/aromatic N) is 2. The van der Waals surface area contributed by atoms with Gasteiger partial charge < -0.3 is 15.0 Å². The van der Waals surface area contributed by atoms with E-state index in [0.29, 0.717) is 0 Å². The lowest BCUT2D eigenvalue weighted by Crippen LogP contribution is -2.54. The summed E-state index contributed by atoms with van der Waals surface area (Å²) < 4.78 is 5.24. The maximum Gasteiger partial charge on any atom is 0.113 e. The molecule has 0 bridgehead atoms. The molecule has 2 atom stereocenters. The van der Waals surface area contributed by atoms with Gasteiger partial charge in [0, 0.05) is 31.1 Å². The van der Waals surface area contributed by atoms with Gasteiger partial charge >= 0.3 is 0 Å². The molecule has 4 nitrogen and oxygen atoms in total. The number of aryl methyl sites for hydroxylation is 2. The Labute approximate surface area is 131 Å². The highest BCUT2D eigenvalue weighted by Gasteiger charge is 2.44. The topological polar surface area (TPSA) is 37.4 Å². The molecule has 21 heavy (non-hydrogen) atoms. The fourth-order valence-corrected chi connectivity index (χ4v) is 4.88. The maximum absolute atomic E-state index is 5.24. The van der Waals surface area contributed by atoms with Crippen molar-refractivity contribution >= 4 is 11.3 Å². The van der Waals surface area contributed by atoms with Crippen LogP contribution in [0.4, 0.5) is 0 Å². The van der Waals surface area contributed by atoms with Crippen molar-refractivity contribution in [1.29, 1.82) is 0 Å². The number of piperidine rings is 1. The van der Waals surface area contributed by atoms with E-state index in [1.807, 2.05) is 11.3 Å². The van der Waals surface area contributed by atoms with Crippen LogP contribution in [0.3, 0.4) is 0 Å². The number of aromatic nitrogens is 1. The lowest BCUT2D eigenvalue weighted by molar-refractivity contribution is 0.0955. The smallest absolute Gasteiger partial charge is 0.113 e. The number of rotatable bonds is 5. The molecular formula is C16H27N3OS. The van der Waals surface area contributed by atoms with Gasteiger partial charge in [-0.2, -0.15) is 0 Å². The molecule has 0 spiro atoms. The Balaban J connectivity index is 1.84. The van der Waals surface area contributed by atoms with E-state index < -0.39 is 0 Å². The largest absolute Gasteiger partial charge is 0.383 e. The maximum atomic E-state index is 5.24. The van der Waals surface area contributed by atoms with Crippen LogP contribution >= 0.6 is 11.3 Å². The molecule has 0 amide bonds. The van der Waals surface area contributed by atoms with E-state index >= 15 is 0 Å². The average molecular weight is 309 g/mol. The molecule has 0 saturated carbocycles. The molecule has 1 aromatic rings. The molecule has 118 valence electrons. The second-order valence-corrected chi connectivity index (χ2v) is 7.65. The van der Waals surface area contributed by atoms with E-state index in [4.69, 9.17) is 9.72 Å². The third kappa shape index (κ3) is 3.02. The lowest BCUT2D eigenvalue weighted by Gasteiger charge is -2.43. The Kier molecular flexibility index (Phi) is 4.64. The van der Waals surface area contributed by atoms with Crippen LogP contribution in [0.2, 0.25) is 0 Å². The summed E-state index contributed by atoms with van der Waals surface area (Å²) in [7, 11) is 1.77. The van der Waals surface area contributed by atoms with Gasteiger partial charge in [0.15, 0.2) is 0 Å². The molecule has 3 heterocycles. The van der Waals surface area contributed by atoms with Gasteiger partial charge in [0.2, 0.25) is 0 Å². The van der Waals surface area contributed by atoms with Crippen molar-refractivity contribution in [3.63, 3.8) is 0 Å². The molecule has 2 unspecified atom stereocenters. The zero-order valence-electron chi connectivity index (χ0n) is 13.4. The van der Waals surface area contributed by atoms with Crippen LogP contribution in [0.15, 0.2) is 0 Å². The second-order valence-electron chi connectivity index (χ2n) is 6.45. The molecule has 3 rings (SSSR count). The zero-order chi connectivity index (χ0) is 14.9. The fourth-order valence-electron chi connectivity index (χ4n) is 3.76. The number of hydrogen-bond acceptors (Lipinski definition) is 5. The lowest BCUT2D eigenvalue weighted by atomic mass is 9.83. The highest BCUT2D eigenvalue weighted by molar-refractivity contribution is 7.11. The summed E-state index contributed by atoms with van der Waals surface area (Å²) in [6.07, 6.45) is 5.06. The standard InChI is InChI=1S/C16H27N3OS/c1-12-13(2)21-15(18-12)16(17-7-10-20-3)6-9-19-8-4-5-14(19)11-16/h14,17H,4-11H2,1-3H3. The first-order valence-electron chi connectivity index (χ1n) is 8.07. The quantitative estimate of drug-likeness (QED) is 0.848. The van der Waals surface area contributed by atoms with Gasteiger partial charge in [0.25, 0.3) is 0 Å². The summed E-state index contributed by atoms with van der Waals surface area (Å²) in [6.45, 7) is 8.46. The Hall–Kier alpha value is -0.490. The minimum atomic E-state index is 0.0632. The van der Waals surface area contributed by atoms with Crippen molar-refractivity contribution in [2.75, 3.05) is 33.4 Å². The first kappa shape index (κ1) is 15.4. The number of nitrogens with one attached hydrogen (secondary N) is 1. The Bertz CT molecular complexity index is 470. The summed E-state index contributed by atoms with van der Waals surface area (Å²) in [5, 5.41) is 5.09. The molecule has 5 heteroatoms. The minimum Gasteiger partial charge on any atom is -0.383 e. The number of hydrogen-bond donors (Lipinski definition) is 1. The highest BCUT2D eigenvalue weighted by Crippen LogP contribution is 2.41. The van der Waals surface area contributed by atoms with Crippen LogP contribution < -0.4 is 5.32 Å². The number of methoxy groups -OCH3 is 1. The predicted molar refractivity (Wildman–Crippen MR) is 87.0 cm³/mol. The van der Waals surface area contributed by atoms with Gasteiger partial charge in [-0.3, -0.25) is 0 Å². The third-order valence-electron chi connectivity index (χ3n) is 5.12. The third-order valence-corrected chi connectivity index (χ3v) is 6.39. The van der Waals surface area contributed by atoms with E-state index in [0.717, 1.165) is 19.2 Å². The van der Waals surface area contributed by atoms with E-state index in [9.17, 15) is 0 Å². The molecule has 0 aliphatic carbocycles. The summed E-state index contributed by atoms with van der Waals surface area (Å²) in [5.41, 5.74) is 1.25. The van der Waals surface area contributed by atoms with Crippen LogP contribution in [0.25, 0.3) is 0 Å². The molecular weight excluding hydrogens is 282 g/mol. The van der Waals surface area contributed by atoms with Gasteiger partial charge in [-0.25, -0.2) is 4.98 Å². The summed E-state index contributed by atoms with van der Waals surface area (Å²) in [6, 6.07) is 0.735. The van der Waals surface area contributed by atoms with Gasteiger partial charge in [-0.15, -0.1) is 11.3 Å². The van der Waals surface area contributed by atoms with Gasteiger partial charge in [-0.1, -0.05) is 0 Å². The van der Waals surface area contributed by atoms with Crippen molar-refractivity contribution in [3.8, 4) is 0 Å². The van der Waals surface area contributed by atoms with Crippen molar-refractivity contribution in [3.05, 3.63) is 15.6 Å². The predicted octanol–water partition coefficient (Wildman–Crippen LogP) is 2.45. The Morgan fingerprint density at radius 3 is 3.00 bits per heavy atom. The van der Waals surface area contributed by atoms with Crippen LogP contribution in [0, 0.1) is 13.8 Å². The van der Waals surface area contributed by atoms with Gasteiger partial charge in [-0.05, 0) is 46.1 Å². The minimum absolute atomic E-state index is 0.0632. The molecule has 0 aromatic carbocycles. The number of ether oxygens (including phenoxy) is 1. The van der Waals surface area contributed by atoms with Gasteiger partial charge in [0.05, 0.1) is 17.8 Å². The summed E-state index contributed by atoms with van der Waals surface area (Å²) in [5.74, 6) is 0. The number of fused-ring (bicyclic) bond motifs is 1. The monoisotopic (exact) mass is 309 g/mol. The molecule has 0 radical (unpaired) electrons. The average Bonchev–Trinajstić information content (AvgIpc) is 3.06. The summed E-state index contributed by atoms with van der Waals surface area (Å²) >= 11 is 1.88. The van der Waals surface area contributed by atoms with Crippen molar-refractivity contribution in [2.45, 2.75) is 51.1 Å². The SMILES string of the molecule is COCCNC1(c2nc(C)c(C)s2)CCN2CCCC2C1. The van der Waals surface area contributed by atoms with E-state index in [2.05, 4.69) is 24.1 Å². The van der Waals surface area contributed by atoms with Gasteiger partial charge in [0.1, 0.15) is 5.01 Å². The van der Waals surface area contributed by atoms with Crippen LogP contribution in [0.1, 0.15) is 41.3 Å². The zero-order valence-corrected chi connectivity index (χ0v) is 14.3. The van der Waals surface area contributed by atoms with Crippen molar-refractivity contribution in [1.82, 2.24) is 15.2 Å². The normalized spacial score (nSPS) is 29.8. The molecule has 2 saturated heterocycles. The van der Waals surface area contributed by atoms with E-state index in [-0.39, 0.29) is 5.54 Å². The molecule has 2 aliphatic rings. The first-order chi connectivity index (χ1) is 10.1. The van der Waals surface area contributed by atoms with E-state index in [1.165, 1.54) is 54.4 Å². The molecule has 1 N–H and O–H groups in total. The second kappa shape index (κ2) is 6.32. The van der Waals surface area contributed by atoms with Crippen molar-refractivity contribution < 1.29 is 4.74 Å². The van der Waals surface area contributed by atoms with Crippen LogP contribution in [-0.2, 0) is 10.3 Å². The van der Waals surface area contributed by atoms with E-state index in [1.54, 1.807) is 7.11 Å². The first-order valence-corrected chi connectivity index (χ1v) is 8.89. The highest BCUT2D eigenvalue weighted by atomic mass is 32.1. The van der Waals surface area contributed by atoms with Crippen molar-refractivity contribution in [2.24, 2.45) is 0 Å². The Morgan fingerprint density at radius 1 is 1.43 bits per heavy atom. The molecule has 1 aromatic heterocycles. The fraction of sp³-hybridized carbons (Fsp3) is 0.812. The Morgan fingerprint density at radius 2 is 2.29 bits per heavy atom. The van der Waals surface area contributed by atoms with Crippen LogP contribution in [-0.4, -0.2) is 49.3 Å². The van der Waals surface area contributed by atoms with Crippen LogP contribution in [0.5, 0.6) is 0 Å². The number of thiazole rings is 1. The molecule has 2 aliphatic heterocycles. The molecule has 2 fully saturated rings. The summed E-state index contributed by atoms with van der Waals surface area (Å²) in [4.78, 5) is 8.92.